The first-order valence-corrected chi connectivity index (χ1v) is 8.47. The van der Waals surface area contributed by atoms with Crippen molar-refractivity contribution < 1.29 is 0 Å². The molecule has 1 atom stereocenters. The van der Waals surface area contributed by atoms with Crippen molar-refractivity contribution in [2.75, 3.05) is 18.0 Å². The smallest absolute Gasteiger partial charge is 0.329 e. The summed E-state index contributed by atoms with van der Waals surface area (Å²) in [6.07, 6.45) is 4.38. The summed E-state index contributed by atoms with van der Waals surface area (Å²) in [5.74, 6) is 1.44. The number of aryl methyl sites for hydroxylation is 2. The zero-order chi connectivity index (χ0) is 16.6. The van der Waals surface area contributed by atoms with Crippen LogP contribution in [-0.2, 0) is 13.6 Å². The maximum Gasteiger partial charge on any atom is 0.329 e. The van der Waals surface area contributed by atoms with E-state index in [4.69, 9.17) is 0 Å². The minimum absolute atomic E-state index is 0.344. The van der Waals surface area contributed by atoms with Gasteiger partial charge in [0.25, 0.3) is 5.56 Å². The number of nitrogens with zero attached hydrogens (tertiary/aromatic N) is 4. The molecule has 126 valence electrons. The molecule has 1 aliphatic rings. The number of hydrogen-bond acceptors (Lipinski definition) is 4. The number of unbranched alkanes of at least 4 members (excludes halogenated alkanes) is 1. The monoisotopic (exact) mass is 319 g/mol. The van der Waals surface area contributed by atoms with E-state index >= 15 is 0 Å². The van der Waals surface area contributed by atoms with E-state index in [2.05, 4.69) is 28.7 Å². The molecule has 0 bridgehead atoms. The van der Waals surface area contributed by atoms with Gasteiger partial charge < -0.3 is 9.47 Å². The van der Waals surface area contributed by atoms with Crippen molar-refractivity contribution in [3.05, 3.63) is 20.8 Å². The largest absolute Gasteiger partial charge is 0.342 e. The van der Waals surface area contributed by atoms with Crippen molar-refractivity contribution in [3.63, 3.8) is 0 Å². The first-order valence-electron chi connectivity index (χ1n) is 8.47. The number of fused-ring (bicyclic) bond motifs is 1. The summed E-state index contributed by atoms with van der Waals surface area (Å²) in [4.78, 5) is 33.5. The van der Waals surface area contributed by atoms with Crippen molar-refractivity contribution >= 4 is 17.1 Å². The lowest BCUT2D eigenvalue weighted by Crippen LogP contribution is -2.36. The summed E-state index contributed by atoms with van der Waals surface area (Å²) in [6, 6.07) is 0. The van der Waals surface area contributed by atoms with Crippen LogP contribution in [0.2, 0.25) is 0 Å². The van der Waals surface area contributed by atoms with Crippen LogP contribution < -0.4 is 16.1 Å². The lowest BCUT2D eigenvalue weighted by Gasteiger charge is -2.32. The van der Waals surface area contributed by atoms with Crippen LogP contribution in [0, 0.1) is 5.92 Å². The second-order valence-electron chi connectivity index (χ2n) is 6.60. The zero-order valence-corrected chi connectivity index (χ0v) is 14.1. The van der Waals surface area contributed by atoms with E-state index in [1.807, 2.05) is 4.57 Å². The highest BCUT2D eigenvalue weighted by Gasteiger charge is 2.24. The molecule has 1 fully saturated rings. The molecule has 7 heteroatoms. The highest BCUT2D eigenvalue weighted by molar-refractivity contribution is 5.74. The molecule has 1 N–H and O–H groups in total. The van der Waals surface area contributed by atoms with E-state index < -0.39 is 5.69 Å². The SMILES string of the molecule is CCCCn1c(N2CCCC(C)C2)nc2c1c(=O)[nH]c(=O)n2C. The summed E-state index contributed by atoms with van der Waals surface area (Å²) in [5, 5.41) is 0. The van der Waals surface area contributed by atoms with E-state index in [1.54, 1.807) is 7.05 Å². The topological polar surface area (TPSA) is 75.9 Å². The quantitative estimate of drug-likeness (QED) is 0.925. The van der Waals surface area contributed by atoms with Gasteiger partial charge in [-0.05, 0) is 25.2 Å². The van der Waals surface area contributed by atoms with Gasteiger partial charge >= 0.3 is 5.69 Å². The first-order chi connectivity index (χ1) is 11.0. The Morgan fingerprint density at radius 3 is 2.83 bits per heavy atom. The number of aromatic amines is 1. The second-order valence-corrected chi connectivity index (χ2v) is 6.60. The highest BCUT2D eigenvalue weighted by atomic mass is 16.2. The van der Waals surface area contributed by atoms with Crippen LogP contribution in [0.1, 0.15) is 39.5 Å². The third-order valence-electron chi connectivity index (χ3n) is 4.66. The van der Waals surface area contributed by atoms with Gasteiger partial charge in [-0.15, -0.1) is 0 Å². The van der Waals surface area contributed by atoms with E-state index in [-0.39, 0.29) is 5.56 Å². The normalized spacial score (nSPS) is 18.7. The van der Waals surface area contributed by atoms with Gasteiger partial charge in [0.15, 0.2) is 11.2 Å². The van der Waals surface area contributed by atoms with E-state index in [0.29, 0.717) is 17.1 Å². The number of nitrogens with one attached hydrogen (secondary N) is 1. The third kappa shape index (κ3) is 2.80. The molecular weight excluding hydrogens is 294 g/mol. The molecule has 0 spiro atoms. The van der Waals surface area contributed by atoms with Gasteiger partial charge in [0.2, 0.25) is 5.95 Å². The number of imidazole rings is 1. The molecular formula is C16H25N5O2. The van der Waals surface area contributed by atoms with Crippen molar-refractivity contribution in [1.82, 2.24) is 19.1 Å². The van der Waals surface area contributed by atoms with Gasteiger partial charge in [0.1, 0.15) is 0 Å². The van der Waals surface area contributed by atoms with Crippen LogP contribution in [0.15, 0.2) is 9.59 Å². The summed E-state index contributed by atoms with van der Waals surface area (Å²) >= 11 is 0. The minimum atomic E-state index is -0.416. The van der Waals surface area contributed by atoms with Crippen LogP contribution in [0.3, 0.4) is 0 Å². The van der Waals surface area contributed by atoms with E-state index in [0.717, 1.165) is 44.8 Å². The standard InChI is InChI=1S/C16H25N5O2/c1-4-5-9-21-12-13(19(3)16(23)18-14(12)22)17-15(21)20-8-6-7-11(2)10-20/h11H,4-10H2,1-3H3,(H,18,22,23). The number of rotatable bonds is 4. The summed E-state index contributed by atoms with van der Waals surface area (Å²) in [6.45, 7) is 7.01. The van der Waals surface area contributed by atoms with Crippen LogP contribution >= 0.6 is 0 Å². The molecule has 3 rings (SSSR count). The number of piperidine rings is 1. The molecule has 23 heavy (non-hydrogen) atoms. The van der Waals surface area contributed by atoms with Crippen LogP contribution in [0.25, 0.3) is 11.2 Å². The van der Waals surface area contributed by atoms with Crippen molar-refractivity contribution in [1.29, 1.82) is 0 Å². The summed E-state index contributed by atoms with van der Waals surface area (Å²) in [5.41, 5.74) is 0.223. The van der Waals surface area contributed by atoms with Crippen LogP contribution in [0.4, 0.5) is 5.95 Å². The third-order valence-corrected chi connectivity index (χ3v) is 4.66. The second kappa shape index (κ2) is 6.22. The molecule has 2 aromatic rings. The van der Waals surface area contributed by atoms with Crippen LogP contribution in [0.5, 0.6) is 0 Å². The van der Waals surface area contributed by atoms with Crippen LogP contribution in [-0.4, -0.2) is 32.2 Å². The molecule has 0 radical (unpaired) electrons. The molecule has 2 aromatic heterocycles. The predicted octanol–water partition coefficient (Wildman–Crippen LogP) is 1.46. The average molecular weight is 319 g/mol. The summed E-state index contributed by atoms with van der Waals surface area (Å²) in [7, 11) is 1.65. The molecule has 1 aliphatic heterocycles. The number of aromatic nitrogens is 4. The Labute approximate surface area is 134 Å². The molecule has 1 unspecified atom stereocenters. The summed E-state index contributed by atoms with van der Waals surface area (Å²) < 4.78 is 3.42. The fourth-order valence-electron chi connectivity index (χ4n) is 3.36. The maximum atomic E-state index is 12.3. The number of H-pyrrole nitrogens is 1. The number of hydrogen-bond donors (Lipinski definition) is 1. The minimum Gasteiger partial charge on any atom is -0.342 e. The lowest BCUT2D eigenvalue weighted by atomic mass is 10.0. The molecule has 0 saturated carbocycles. The van der Waals surface area contributed by atoms with E-state index in [1.165, 1.54) is 11.0 Å². The van der Waals surface area contributed by atoms with Crippen molar-refractivity contribution in [2.24, 2.45) is 13.0 Å². The van der Waals surface area contributed by atoms with Crippen molar-refractivity contribution in [2.45, 2.75) is 46.1 Å². The van der Waals surface area contributed by atoms with Gasteiger partial charge in [0.05, 0.1) is 0 Å². The van der Waals surface area contributed by atoms with E-state index in [9.17, 15) is 9.59 Å². The Bertz CT molecular complexity index is 816. The van der Waals surface area contributed by atoms with Gasteiger partial charge in [0, 0.05) is 26.7 Å². The Balaban J connectivity index is 2.19. The molecule has 7 nitrogen and oxygen atoms in total. The molecule has 0 aromatic carbocycles. The lowest BCUT2D eigenvalue weighted by molar-refractivity contribution is 0.437. The fourth-order valence-corrected chi connectivity index (χ4v) is 3.36. The van der Waals surface area contributed by atoms with Gasteiger partial charge in [-0.3, -0.25) is 14.3 Å². The molecule has 1 saturated heterocycles. The first kappa shape index (κ1) is 15.8. The Morgan fingerprint density at radius 2 is 2.13 bits per heavy atom. The Hall–Kier alpha value is -2.05. The Kier molecular flexibility index (Phi) is 4.28. The zero-order valence-electron chi connectivity index (χ0n) is 14.1. The molecule has 0 amide bonds. The van der Waals surface area contributed by atoms with Crippen molar-refractivity contribution in [3.8, 4) is 0 Å². The maximum absolute atomic E-state index is 12.3. The average Bonchev–Trinajstić information content (AvgIpc) is 2.91. The van der Waals surface area contributed by atoms with Gasteiger partial charge in [-0.25, -0.2) is 4.79 Å². The fraction of sp³-hybridized carbons (Fsp3) is 0.688. The van der Waals surface area contributed by atoms with Gasteiger partial charge in [-0.1, -0.05) is 20.3 Å². The van der Waals surface area contributed by atoms with Gasteiger partial charge in [-0.2, -0.15) is 4.98 Å². The molecule has 3 heterocycles. The Morgan fingerprint density at radius 1 is 1.35 bits per heavy atom. The highest BCUT2D eigenvalue weighted by Crippen LogP contribution is 2.25. The number of anilines is 1. The molecule has 0 aliphatic carbocycles. The predicted molar refractivity (Wildman–Crippen MR) is 91.1 cm³/mol.